The molecule has 0 saturated heterocycles. The van der Waals surface area contributed by atoms with Gasteiger partial charge in [0, 0.05) is 39.2 Å². The van der Waals surface area contributed by atoms with Crippen molar-refractivity contribution in [2.24, 2.45) is 10.4 Å². The van der Waals surface area contributed by atoms with Crippen molar-refractivity contribution in [2.45, 2.75) is 25.8 Å². The fourth-order valence-corrected chi connectivity index (χ4v) is 2.97. The van der Waals surface area contributed by atoms with Gasteiger partial charge in [-0.15, -0.1) is 35.3 Å². The van der Waals surface area contributed by atoms with E-state index in [9.17, 15) is 4.79 Å². The average molecular weight is 480 g/mol. The number of nitrogens with zero attached hydrogens (tertiary/aromatic N) is 2. The Morgan fingerprint density at radius 2 is 2.16 bits per heavy atom. The van der Waals surface area contributed by atoms with Crippen LogP contribution in [0.4, 0.5) is 0 Å². The number of guanidine groups is 1. The molecule has 1 saturated carbocycles. The minimum Gasteiger partial charge on any atom is -0.385 e. The van der Waals surface area contributed by atoms with Crippen molar-refractivity contribution in [2.75, 3.05) is 40.9 Å². The number of halogens is 1. The maximum absolute atomic E-state index is 11.8. The zero-order valence-electron chi connectivity index (χ0n) is 15.2. The predicted octanol–water partition coefficient (Wildman–Crippen LogP) is 2.31. The van der Waals surface area contributed by atoms with Crippen molar-refractivity contribution in [3.63, 3.8) is 0 Å². The van der Waals surface area contributed by atoms with Gasteiger partial charge in [0.1, 0.15) is 6.54 Å². The number of methoxy groups -OCH3 is 1. The molecule has 2 rings (SSSR count). The summed E-state index contributed by atoms with van der Waals surface area (Å²) in [5.74, 6) is 0.690. The molecule has 0 unspecified atom stereocenters. The second-order valence-electron chi connectivity index (χ2n) is 6.48. The quantitative estimate of drug-likeness (QED) is 0.324. The number of carbonyl (C=O) groups excluding carboxylic acids is 1. The van der Waals surface area contributed by atoms with Gasteiger partial charge >= 0.3 is 0 Å². The Bertz CT molecular complexity index is 545. The lowest BCUT2D eigenvalue weighted by atomic mass is 10.0. The summed E-state index contributed by atoms with van der Waals surface area (Å²) in [5.41, 5.74) is 0.326. The Morgan fingerprint density at radius 3 is 2.72 bits per heavy atom. The fraction of sp³-hybridized carbons (Fsp3) is 0.647. The third-order valence-corrected chi connectivity index (χ3v) is 5.18. The molecule has 1 aliphatic rings. The summed E-state index contributed by atoms with van der Waals surface area (Å²) in [6.45, 7) is 2.52. The number of ether oxygens (including phenoxy) is 1. The highest BCUT2D eigenvalue weighted by atomic mass is 127. The van der Waals surface area contributed by atoms with Gasteiger partial charge in [0.15, 0.2) is 5.96 Å². The lowest BCUT2D eigenvalue weighted by molar-refractivity contribution is -0.127. The summed E-state index contributed by atoms with van der Waals surface area (Å²) in [6, 6.07) is 4.12. The van der Waals surface area contributed by atoms with Gasteiger partial charge in [0.25, 0.3) is 0 Å². The first-order valence-corrected chi connectivity index (χ1v) is 9.16. The van der Waals surface area contributed by atoms with E-state index in [2.05, 4.69) is 27.1 Å². The van der Waals surface area contributed by atoms with Crippen LogP contribution in [0.1, 0.15) is 24.1 Å². The molecule has 2 N–H and O–H groups in total. The number of amides is 1. The standard InChI is InChI=1S/C17H28N4O2S.HI/c1-21(2)15(22)12-19-16(18-11-14-5-4-10-24-14)20-13-17(6-7-17)8-9-23-3;/h4-5,10H,6-9,11-13H2,1-3H3,(H2,18,19,20);1H. The summed E-state index contributed by atoms with van der Waals surface area (Å²) in [4.78, 5) is 19.0. The maximum Gasteiger partial charge on any atom is 0.243 e. The molecule has 1 fully saturated rings. The van der Waals surface area contributed by atoms with Crippen LogP contribution in [0.15, 0.2) is 22.5 Å². The second-order valence-corrected chi connectivity index (χ2v) is 7.51. The molecule has 1 aromatic rings. The first kappa shape index (κ1) is 22.2. The van der Waals surface area contributed by atoms with E-state index < -0.39 is 0 Å². The molecule has 1 heterocycles. The molecule has 8 heteroatoms. The van der Waals surface area contributed by atoms with Gasteiger partial charge in [-0.25, -0.2) is 4.99 Å². The Morgan fingerprint density at radius 1 is 1.40 bits per heavy atom. The molecule has 0 spiro atoms. The average Bonchev–Trinajstić information content (AvgIpc) is 3.14. The van der Waals surface area contributed by atoms with Gasteiger partial charge < -0.3 is 20.3 Å². The van der Waals surface area contributed by atoms with E-state index in [1.54, 1.807) is 37.4 Å². The fourth-order valence-electron chi connectivity index (χ4n) is 2.33. The molecule has 0 radical (unpaired) electrons. The maximum atomic E-state index is 11.8. The molecule has 1 amide bonds. The first-order valence-electron chi connectivity index (χ1n) is 8.28. The third-order valence-electron chi connectivity index (χ3n) is 4.31. The normalized spacial score (nSPS) is 15.2. The summed E-state index contributed by atoms with van der Waals surface area (Å²) in [5, 5.41) is 8.78. The van der Waals surface area contributed by atoms with E-state index >= 15 is 0 Å². The molecule has 25 heavy (non-hydrogen) atoms. The van der Waals surface area contributed by atoms with E-state index in [-0.39, 0.29) is 36.4 Å². The monoisotopic (exact) mass is 480 g/mol. The van der Waals surface area contributed by atoms with Gasteiger partial charge in [-0.3, -0.25) is 4.79 Å². The molecule has 0 aromatic carbocycles. The molecule has 1 aromatic heterocycles. The summed E-state index contributed by atoms with van der Waals surface area (Å²) >= 11 is 1.70. The smallest absolute Gasteiger partial charge is 0.243 e. The van der Waals surface area contributed by atoms with E-state index in [4.69, 9.17) is 4.74 Å². The largest absolute Gasteiger partial charge is 0.385 e. The number of hydrogen-bond donors (Lipinski definition) is 2. The molecule has 6 nitrogen and oxygen atoms in total. The lowest BCUT2D eigenvalue weighted by Crippen LogP contribution is -2.41. The number of thiophene rings is 1. The van der Waals surface area contributed by atoms with E-state index in [1.165, 1.54) is 17.7 Å². The minimum atomic E-state index is -0.00672. The number of aliphatic imine (C=N–C) groups is 1. The number of carbonyl (C=O) groups is 1. The van der Waals surface area contributed by atoms with Crippen LogP contribution >= 0.6 is 35.3 Å². The Balaban J connectivity index is 0.00000312. The van der Waals surface area contributed by atoms with Crippen molar-refractivity contribution in [3.8, 4) is 0 Å². The number of hydrogen-bond acceptors (Lipinski definition) is 4. The molecule has 0 aliphatic heterocycles. The molecule has 142 valence electrons. The van der Waals surface area contributed by atoms with Gasteiger partial charge in [0.2, 0.25) is 5.91 Å². The van der Waals surface area contributed by atoms with Crippen LogP contribution < -0.4 is 10.6 Å². The van der Waals surface area contributed by atoms with Crippen LogP contribution in [0.3, 0.4) is 0 Å². The summed E-state index contributed by atoms with van der Waals surface area (Å²) in [7, 11) is 5.23. The first-order chi connectivity index (χ1) is 11.5. The minimum absolute atomic E-state index is 0. The predicted molar refractivity (Wildman–Crippen MR) is 114 cm³/mol. The van der Waals surface area contributed by atoms with Crippen LogP contribution in [0.25, 0.3) is 0 Å². The SMILES string of the molecule is COCCC1(CNC(=NCC(=O)N(C)C)NCc2cccs2)CC1.I. The van der Waals surface area contributed by atoms with Gasteiger partial charge in [0.05, 0.1) is 6.54 Å². The molecule has 1 aliphatic carbocycles. The van der Waals surface area contributed by atoms with E-state index in [0.717, 1.165) is 19.6 Å². The zero-order valence-corrected chi connectivity index (χ0v) is 18.4. The van der Waals surface area contributed by atoms with Crippen LogP contribution in [-0.4, -0.2) is 57.7 Å². The van der Waals surface area contributed by atoms with Gasteiger partial charge in [-0.2, -0.15) is 0 Å². The zero-order chi connectivity index (χ0) is 17.4. The summed E-state index contributed by atoms with van der Waals surface area (Å²) < 4.78 is 5.20. The van der Waals surface area contributed by atoms with Gasteiger partial charge in [-0.1, -0.05) is 6.07 Å². The Kier molecular flexibility index (Phi) is 9.73. The van der Waals surface area contributed by atoms with E-state index in [0.29, 0.717) is 17.9 Å². The molecular weight excluding hydrogens is 451 g/mol. The molecular formula is C17H29IN4O2S. The number of rotatable bonds is 9. The van der Waals surface area contributed by atoms with Crippen molar-refractivity contribution in [1.29, 1.82) is 0 Å². The van der Waals surface area contributed by atoms with Crippen LogP contribution in [0.2, 0.25) is 0 Å². The topological polar surface area (TPSA) is 66.0 Å². The van der Waals surface area contributed by atoms with Crippen molar-refractivity contribution in [1.82, 2.24) is 15.5 Å². The van der Waals surface area contributed by atoms with Crippen LogP contribution in [-0.2, 0) is 16.1 Å². The lowest BCUT2D eigenvalue weighted by Gasteiger charge is -2.18. The van der Waals surface area contributed by atoms with Gasteiger partial charge in [-0.05, 0) is 36.1 Å². The third kappa shape index (κ3) is 7.91. The van der Waals surface area contributed by atoms with Crippen molar-refractivity contribution in [3.05, 3.63) is 22.4 Å². The van der Waals surface area contributed by atoms with Crippen LogP contribution in [0.5, 0.6) is 0 Å². The number of nitrogens with one attached hydrogen (secondary N) is 2. The van der Waals surface area contributed by atoms with Crippen molar-refractivity contribution >= 4 is 47.2 Å². The molecule has 0 atom stereocenters. The Hall–Kier alpha value is -0.870. The highest BCUT2D eigenvalue weighted by Crippen LogP contribution is 2.48. The Labute approximate surface area is 171 Å². The highest BCUT2D eigenvalue weighted by Gasteiger charge is 2.41. The van der Waals surface area contributed by atoms with E-state index in [1.807, 2.05) is 6.07 Å². The second kappa shape index (κ2) is 11.0. The highest BCUT2D eigenvalue weighted by molar-refractivity contribution is 14.0. The summed E-state index contributed by atoms with van der Waals surface area (Å²) in [6.07, 6.45) is 3.50. The van der Waals surface area contributed by atoms with Crippen LogP contribution in [0, 0.1) is 5.41 Å². The number of likely N-dealkylation sites (N-methyl/N-ethyl adjacent to an activating group) is 1. The molecule has 0 bridgehead atoms. The van der Waals surface area contributed by atoms with Crippen molar-refractivity contribution < 1.29 is 9.53 Å².